The van der Waals surface area contributed by atoms with Gasteiger partial charge in [-0.1, -0.05) is 0 Å². The lowest BCUT2D eigenvalue weighted by atomic mass is 10.1. The molecule has 0 radical (unpaired) electrons. The lowest BCUT2D eigenvalue weighted by molar-refractivity contribution is -0.137. The van der Waals surface area contributed by atoms with Crippen LogP contribution in [0.4, 0.5) is 22.0 Å². The fraction of sp³-hybridized carbons (Fsp3) is 0.375. The first-order valence-electron chi connectivity index (χ1n) is 3.64. The molecular weight excluding hydrogens is 205 g/mol. The van der Waals surface area contributed by atoms with Crippen molar-refractivity contribution in [2.24, 2.45) is 0 Å². The summed E-state index contributed by atoms with van der Waals surface area (Å²) in [6.45, 7) is 1.17. The lowest BCUT2D eigenvalue weighted by Gasteiger charge is -2.09. The number of nitrogens with zero attached hydrogens (tertiary/aromatic N) is 1. The first kappa shape index (κ1) is 10.9. The van der Waals surface area contributed by atoms with Crippen molar-refractivity contribution in [2.45, 2.75) is 19.5 Å². The van der Waals surface area contributed by atoms with E-state index in [1.807, 2.05) is 0 Å². The number of hydrogen-bond donors (Lipinski definition) is 0. The summed E-state index contributed by atoms with van der Waals surface area (Å²) >= 11 is 0. The molecule has 0 atom stereocenters. The molecule has 0 bridgehead atoms. The average Bonchev–Trinajstić information content (AvgIpc) is 2.01. The molecule has 0 saturated carbocycles. The molecule has 0 amide bonds. The largest absolute Gasteiger partial charge is 0.417 e. The van der Waals surface area contributed by atoms with Crippen molar-refractivity contribution >= 4 is 0 Å². The van der Waals surface area contributed by atoms with E-state index in [1.54, 1.807) is 0 Å². The Bertz CT molecular complexity index is 331. The molecule has 14 heavy (non-hydrogen) atoms. The van der Waals surface area contributed by atoms with Crippen LogP contribution in [-0.4, -0.2) is 4.98 Å². The number of alkyl halides is 5. The summed E-state index contributed by atoms with van der Waals surface area (Å²) in [4.78, 5) is 3.07. The minimum absolute atomic E-state index is 0.158. The summed E-state index contributed by atoms with van der Waals surface area (Å²) in [6.07, 6.45) is -6.98. The zero-order chi connectivity index (χ0) is 10.9. The molecule has 0 N–H and O–H groups in total. The lowest BCUT2D eigenvalue weighted by Crippen LogP contribution is -2.07. The predicted octanol–water partition coefficient (Wildman–Crippen LogP) is 3.35. The van der Waals surface area contributed by atoms with Crippen molar-refractivity contribution in [3.63, 3.8) is 0 Å². The van der Waals surface area contributed by atoms with E-state index >= 15 is 0 Å². The van der Waals surface area contributed by atoms with Crippen LogP contribution in [0.3, 0.4) is 0 Å². The molecule has 1 nitrogen and oxygen atoms in total. The molecule has 78 valence electrons. The Morgan fingerprint density at radius 1 is 1.29 bits per heavy atom. The van der Waals surface area contributed by atoms with Gasteiger partial charge in [-0.25, -0.2) is 8.78 Å². The average molecular weight is 211 g/mol. The molecule has 0 saturated heterocycles. The highest BCUT2D eigenvalue weighted by atomic mass is 19.4. The van der Waals surface area contributed by atoms with Crippen molar-refractivity contribution in [1.82, 2.24) is 4.98 Å². The van der Waals surface area contributed by atoms with Crippen LogP contribution in [-0.2, 0) is 6.18 Å². The molecule has 0 aromatic carbocycles. The van der Waals surface area contributed by atoms with Crippen molar-refractivity contribution in [1.29, 1.82) is 0 Å². The quantitative estimate of drug-likeness (QED) is 0.649. The summed E-state index contributed by atoms with van der Waals surface area (Å²) in [7, 11) is 0. The van der Waals surface area contributed by atoms with Gasteiger partial charge in [-0.05, 0) is 18.6 Å². The van der Waals surface area contributed by atoms with Crippen LogP contribution >= 0.6 is 0 Å². The Labute approximate surface area is 76.6 Å². The highest BCUT2D eigenvalue weighted by molar-refractivity contribution is 5.26. The second-order valence-electron chi connectivity index (χ2n) is 2.72. The van der Waals surface area contributed by atoms with Crippen LogP contribution in [0, 0.1) is 6.92 Å². The van der Waals surface area contributed by atoms with E-state index in [9.17, 15) is 22.0 Å². The van der Waals surface area contributed by atoms with Crippen LogP contribution in [0.2, 0.25) is 0 Å². The molecule has 0 fully saturated rings. The van der Waals surface area contributed by atoms with E-state index in [0.717, 1.165) is 0 Å². The van der Waals surface area contributed by atoms with Gasteiger partial charge in [-0.15, -0.1) is 0 Å². The highest BCUT2D eigenvalue weighted by Gasteiger charge is 2.31. The minimum Gasteiger partial charge on any atom is -0.254 e. The fourth-order valence-electron chi connectivity index (χ4n) is 0.969. The Morgan fingerprint density at radius 3 is 2.21 bits per heavy atom. The molecule has 1 aromatic heterocycles. The summed E-state index contributed by atoms with van der Waals surface area (Å²) in [5.41, 5.74) is -1.78. The van der Waals surface area contributed by atoms with Gasteiger partial charge in [0.25, 0.3) is 6.43 Å². The fourth-order valence-corrected chi connectivity index (χ4v) is 0.969. The van der Waals surface area contributed by atoms with E-state index in [0.29, 0.717) is 12.3 Å². The zero-order valence-electron chi connectivity index (χ0n) is 7.07. The molecule has 0 aliphatic carbocycles. The SMILES string of the molecule is Cc1cc(C(F)(F)F)cnc1C(F)F. The van der Waals surface area contributed by atoms with Gasteiger partial charge in [0.1, 0.15) is 5.69 Å². The Morgan fingerprint density at radius 2 is 1.86 bits per heavy atom. The molecule has 0 aliphatic rings. The number of rotatable bonds is 1. The van der Waals surface area contributed by atoms with Gasteiger partial charge >= 0.3 is 6.18 Å². The second kappa shape index (κ2) is 3.51. The number of pyridine rings is 1. The first-order valence-corrected chi connectivity index (χ1v) is 3.64. The molecule has 1 aromatic rings. The number of aryl methyl sites for hydroxylation is 1. The highest BCUT2D eigenvalue weighted by Crippen LogP contribution is 2.31. The summed E-state index contributed by atoms with van der Waals surface area (Å²) < 4.78 is 60.4. The Balaban J connectivity index is 3.13. The number of hydrogen-bond acceptors (Lipinski definition) is 1. The molecule has 1 heterocycles. The van der Waals surface area contributed by atoms with E-state index < -0.39 is 23.9 Å². The zero-order valence-corrected chi connectivity index (χ0v) is 7.07. The van der Waals surface area contributed by atoms with Gasteiger partial charge in [0.15, 0.2) is 0 Å². The number of aromatic nitrogens is 1. The Kier molecular flexibility index (Phi) is 2.73. The van der Waals surface area contributed by atoms with Gasteiger partial charge < -0.3 is 0 Å². The summed E-state index contributed by atoms with van der Waals surface area (Å²) in [5, 5.41) is 0. The Hall–Kier alpha value is -1.20. The van der Waals surface area contributed by atoms with Gasteiger partial charge in [-0.3, -0.25) is 4.98 Å². The van der Waals surface area contributed by atoms with E-state index in [2.05, 4.69) is 4.98 Å². The van der Waals surface area contributed by atoms with Crippen molar-refractivity contribution in [2.75, 3.05) is 0 Å². The molecule has 6 heteroatoms. The standard InChI is InChI=1S/C8H6F5N/c1-4-2-5(8(11,12)13)3-14-6(4)7(9)10/h2-3,7H,1H3. The van der Waals surface area contributed by atoms with Gasteiger partial charge in [0, 0.05) is 6.20 Å². The van der Waals surface area contributed by atoms with Gasteiger partial charge in [-0.2, -0.15) is 13.2 Å². The van der Waals surface area contributed by atoms with Crippen molar-refractivity contribution < 1.29 is 22.0 Å². The van der Waals surface area contributed by atoms with Gasteiger partial charge in [0.2, 0.25) is 0 Å². The first-order chi connectivity index (χ1) is 6.32. The van der Waals surface area contributed by atoms with Crippen LogP contribution < -0.4 is 0 Å². The molecule has 0 unspecified atom stereocenters. The third kappa shape index (κ3) is 2.18. The summed E-state index contributed by atoms with van der Waals surface area (Å²) in [6, 6.07) is 0.661. The minimum atomic E-state index is -4.54. The smallest absolute Gasteiger partial charge is 0.254 e. The third-order valence-corrected chi connectivity index (χ3v) is 1.65. The maximum absolute atomic E-state index is 12.1. The van der Waals surface area contributed by atoms with Crippen molar-refractivity contribution in [3.8, 4) is 0 Å². The maximum atomic E-state index is 12.1. The predicted molar refractivity (Wildman–Crippen MR) is 38.9 cm³/mol. The molecule has 1 rings (SSSR count). The van der Waals surface area contributed by atoms with Crippen LogP contribution in [0.5, 0.6) is 0 Å². The second-order valence-corrected chi connectivity index (χ2v) is 2.72. The van der Waals surface area contributed by atoms with Crippen LogP contribution in [0.1, 0.15) is 23.2 Å². The van der Waals surface area contributed by atoms with Crippen molar-refractivity contribution in [3.05, 3.63) is 29.1 Å². The third-order valence-electron chi connectivity index (χ3n) is 1.65. The summed E-state index contributed by atoms with van der Waals surface area (Å²) in [5.74, 6) is 0. The topological polar surface area (TPSA) is 12.9 Å². The van der Waals surface area contributed by atoms with Crippen LogP contribution in [0.25, 0.3) is 0 Å². The monoisotopic (exact) mass is 211 g/mol. The van der Waals surface area contributed by atoms with E-state index in [-0.39, 0.29) is 5.56 Å². The molecule has 0 spiro atoms. The molecule has 0 aliphatic heterocycles. The van der Waals surface area contributed by atoms with Crippen LogP contribution in [0.15, 0.2) is 12.3 Å². The van der Waals surface area contributed by atoms with E-state index in [1.165, 1.54) is 6.92 Å². The maximum Gasteiger partial charge on any atom is 0.417 e. The van der Waals surface area contributed by atoms with E-state index in [4.69, 9.17) is 0 Å². The molecular formula is C8H6F5N. The normalized spacial score (nSPS) is 12.2. The van der Waals surface area contributed by atoms with Gasteiger partial charge in [0.05, 0.1) is 5.56 Å². The number of halogens is 5.